The molecule has 1 aromatic carbocycles. The summed E-state index contributed by atoms with van der Waals surface area (Å²) in [6, 6.07) is 5.86. The molecule has 2 rings (SSSR count). The van der Waals surface area contributed by atoms with E-state index in [2.05, 4.69) is 4.74 Å². The van der Waals surface area contributed by atoms with Crippen LogP contribution in [0.4, 0.5) is 5.69 Å². The molecule has 0 aromatic heterocycles. The van der Waals surface area contributed by atoms with Crippen LogP contribution in [0.5, 0.6) is 5.75 Å². The molecule has 110 valence electrons. The second kappa shape index (κ2) is 5.79. The molecular formula is C14H14N2O5. The minimum atomic E-state index is -0.744. The largest absolute Gasteiger partial charge is 0.480 e. The van der Waals surface area contributed by atoms with E-state index in [1.165, 1.54) is 25.3 Å². The Labute approximate surface area is 121 Å². The predicted molar refractivity (Wildman–Crippen MR) is 71.7 cm³/mol. The fourth-order valence-corrected chi connectivity index (χ4v) is 2.27. The van der Waals surface area contributed by atoms with Crippen molar-refractivity contribution < 1.29 is 19.2 Å². The number of carbonyl (C=O) groups is 1. The Kier molecular flexibility index (Phi) is 4.08. The second-order valence-electron chi connectivity index (χ2n) is 4.94. The van der Waals surface area contributed by atoms with Gasteiger partial charge in [-0.1, -0.05) is 0 Å². The Morgan fingerprint density at radius 1 is 1.52 bits per heavy atom. The van der Waals surface area contributed by atoms with E-state index in [1.54, 1.807) is 0 Å². The SMILES string of the molecule is COC(=O)CC1(Oc2ccc(C#N)cc2[N+](=O)[O-])CCC1. The van der Waals surface area contributed by atoms with Crippen LogP contribution in [0.2, 0.25) is 0 Å². The summed E-state index contributed by atoms with van der Waals surface area (Å²) in [5.74, 6) is -0.339. The summed E-state index contributed by atoms with van der Waals surface area (Å²) in [6.45, 7) is 0. The zero-order valence-corrected chi connectivity index (χ0v) is 11.5. The summed E-state index contributed by atoms with van der Waals surface area (Å²) in [5, 5.41) is 19.9. The maximum Gasteiger partial charge on any atom is 0.312 e. The van der Waals surface area contributed by atoms with Gasteiger partial charge in [0.05, 0.1) is 30.1 Å². The van der Waals surface area contributed by atoms with Crippen LogP contribution in [-0.2, 0) is 9.53 Å². The lowest BCUT2D eigenvalue weighted by atomic mass is 9.77. The van der Waals surface area contributed by atoms with Gasteiger partial charge in [0.15, 0.2) is 5.75 Å². The molecule has 1 aromatic rings. The second-order valence-corrected chi connectivity index (χ2v) is 4.94. The maximum atomic E-state index is 11.5. The van der Waals surface area contributed by atoms with Crippen molar-refractivity contribution in [3.05, 3.63) is 33.9 Å². The molecule has 0 spiro atoms. The van der Waals surface area contributed by atoms with Gasteiger partial charge in [0.25, 0.3) is 0 Å². The first-order valence-electron chi connectivity index (χ1n) is 6.44. The van der Waals surface area contributed by atoms with Crippen LogP contribution in [0.25, 0.3) is 0 Å². The fraction of sp³-hybridized carbons (Fsp3) is 0.429. The van der Waals surface area contributed by atoms with Gasteiger partial charge in [-0.3, -0.25) is 14.9 Å². The lowest BCUT2D eigenvalue weighted by molar-refractivity contribution is -0.386. The molecule has 1 fully saturated rings. The van der Waals surface area contributed by atoms with Gasteiger partial charge < -0.3 is 9.47 Å². The first-order valence-corrected chi connectivity index (χ1v) is 6.44. The van der Waals surface area contributed by atoms with Crippen LogP contribution in [0.15, 0.2) is 18.2 Å². The number of methoxy groups -OCH3 is 1. The Hall–Kier alpha value is -2.62. The van der Waals surface area contributed by atoms with Crippen LogP contribution in [-0.4, -0.2) is 23.6 Å². The molecule has 1 aliphatic rings. The number of benzene rings is 1. The van der Waals surface area contributed by atoms with E-state index in [0.717, 1.165) is 6.42 Å². The van der Waals surface area contributed by atoms with Crippen molar-refractivity contribution in [2.45, 2.75) is 31.3 Å². The van der Waals surface area contributed by atoms with Crippen LogP contribution in [0.3, 0.4) is 0 Å². The van der Waals surface area contributed by atoms with Gasteiger partial charge in [-0.15, -0.1) is 0 Å². The highest BCUT2D eigenvalue weighted by molar-refractivity contribution is 5.71. The Morgan fingerprint density at radius 3 is 2.71 bits per heavy atom. The number of carbonyl (C=O) groups excluding carboxylic acids is 1. The summed E-state index contributed by atoms with van der Waals surface area (Å²) < 4.78 is 10.4. The van der Waals surface area contributed by atoms with Crippen molar-refractivity contribution in [3.63, 3.8) is 0 Å². The molecule has 21 heavy (non-hydrogen) atoms. The third-order valence-electron chi connectivity index (χ3n) is 3.57. The summed E-state index contributed by atoms with van der Waals surface area (Å²) in [7, 11) is 1.29. The molecule has 7 heteroatoms. The molecule has 1 saturated carbocycles. The molecule has 0 aliphatic heterocycles. The number of esters is 1. The van der Waals surface area contributed by atoms with Crippen molar-refractivity contribution in [1.29, 1.82) is 5.26 Å². The van der Waals surface area contributed by atoms with E-state index in [0.29, 0.717) is 12.8 Å². The molecule has 0 N–H and O–H groups in total. The third-order valence-corrected chi connectivity index (χ3v) is 3.57. The number of nitro benzene ring substituents is 1. The van der Waals surface area contributed by atoms with Gasteiger partial charge in [0.2, 0.25) is 0 Å². The van der Waals surface area contributed by atoms with E-state index in [-0.39, 0.29) is 23.4 Å². The molecule has 7 nitrogen and oxygen atoms in total. The van der Waals surface area contributed by atoms with Crippen molar-refractivity contribution >= 4 is 11.7 Å². The molecular weight excluding hydrogens is 276 g/mol. The van der Waals surface area contributed by atoms with Crippen LogP contribution in [0, 0.1) is 21.4 Å². The number of rotatable bonds is 5. The van der Waals surface area contributed by atoms with Crippen molar-refractivity contribution in [3.8, 4) is 11.8 Å². The highest BCUT2D eigenvalue weighted by Crippen LogP contribution is 2.42. The highest BCUT2D eigenvalue weighted by Gasteiger charge is 2.43. The van der Waals surface area contributed by atoms with Crippen LogP contribution in [0.1, 0.15) is 31.2 Å². The van der Waals surface area contributed by atoms with E-state index in [4.69, 9.17) is 10.00 Å². The predicted octanol–water partition coefficient (Wildman–Crippen LogP) is 2.33. The molecule has 0 atom stereocenters. The average molecular weight is 290 g/mol. The molecule has 0 unspecified atom stereocenters. The minimum absolute atomic E-state index is 0.0562. The molecule has 0 amide bonds. The van der Waals surface area contributed by atoms with E-state index in [9.17, 15) is 14.9 Å². The number of nitro groups is 1. The molecule has 0 saturated heterocycles. The summed E-state index contributed by atoms with van der Waals surface area (Å²) in [6.07, 6.45) is 2.22. The van der Waals surface area contributed by atoms with E-state index in [1.807, 2.05) is 6.07 Å². The van der Waals surface area contributed by atoms with Gasteiger partial charge >= 0.3 is 11.7 Å². The maximum absolute atomic E-state index is 11.5. The lowest BCUT2D eigenvalue weighted by Gasteiger charge is -2.40. The van der Waals surface area contributed by atoms with Crippen molar-refractivity contribution in [2.75, 3.05) is 7.11 Å². The van der Waals surface area contributed by atoms with Crippen molar-refractivity contribution in [1.82, 2.24) is 0 Å². The summed E-state index contributed by atoms with van der Waals surface area (Å²) >= 11 is 0. The first-order chi connectivity index (χ1) is 9.99. The number of hydrogen-bond acceptors (Lipinski definition) is 6. The minimum Gasteiger partial charge on any atom is -0.480 e. The molecule has 0 heterocycles. The zero-order chi connectivity index (χ0) is 15.5. The Bertz CT molecular complexity index is 616. The Morgan fingerprint density at radius 2 is 2.24 bits per heavy atom. The number of ether oxygens (including phenoxy) is 2. The van der Waals surface area contributed by atoms with Crippen LogP contribution >= 0.6 is 0 Å². The van der Waals surface area contributed by atoms with Gasteiger partial charge in [0, 0.05) is 6.07 Å². The Balaban J connectivity index is 2.27. The van der Waals surface area contributed by atoms with Crippen molar-refractivity contribution in [2.24, 2.45) is 0 Å². The fourth-order valence-electron chi connectivity index (χ4n) is 2.27. The highest BCUT2D eigenvalue weighted by atomic mass is 16.6. The number of nitriles is 1. The normalized spacial score (nSPS) is 15.4. The standard InChI is InChI=1S/C14H14N2O5/c1-20-13(17)8-14(5-2-6-14)21-12-4-3-10(9-15)7-11(12)16(18)19/h3-4,7H,2,5-6,8H2,1H3. The number of nitrogens with zero attached hydrogens (tertiary/aromatic N) is 2. The zero-order valence-electron chi connectivity index (χ0n) is 11.5. The monoisotopic (exact) mass is 290 g/mol. The third kappa shape index (κ3) is 3.11. The number of hydrogen-bond donors (Lipinski definition) is 0. The molecule has 0 radical (unpaired) electrons. The quantitative estimate of drug-likeness (QED) is 0.468. The van der Waals surface area contributed by atoms with E-state index >= 15 is 0 Å². The lowest BCUT2D eigenvalue weighted by Crippen LogP contribution is -2.45. The van der Waals surface area contributed by atoms with Crippen LogP contribution < -0.4 is 4.74 Å². The van der Waals surface area contributed by atoms with E-state index < -0.39 is 16.5 Å². The summed E-state index contributed by atoms with van der Waals surface area (Å²) in [4.78, 5) is 21.9. The summed E-state index contributed by atoms with van der Waals surface area (Å²) in [5.41, 5.74) is -0.832. The van der Waals surface area contributed by atoms with Gasteiger partial charge in [-0.2, -0.15) is 5.26 Å². The van der Waals surface area contributed by atoms with Gasteiger partial charge in [-0.05, 0) is 31.4 Å². The average Bonchev–Trinajstić information content (AvgIpc) is 2.44. The topological polar surface area (TPSA) is 102 Å². The van der Waals surface area contributed by atoms with Gasteiger partial charge in [-0.25, -0.2) is 0 Å². The first kappa shape index (κ1) is 14.8. The molecule has 0 bridgehead atoms. The smallest absolute Gasteiger partial charge is 0.312 e. The van der Waals surface area contributed by atoms with Gasteiger partial charge in [0.1, 0.15) is 5.60 Å². The molecule has 1 aliphatic carbocycles.